The molecule has 2 atom stereocenters. The summed E-state index contributed by atoms with van der Waals surface area (Å²) in [4.78, 5) is 30.9. The van der Waals surface area contributed by atoms with E-state index in [4.69, 9.17) is 34.8 Å². The van der Waals surface area contributed by atoms with Crippen molar-refractivity contribution in [3.63, 3.8) is 0 Å². The van der Waals surface area contributed by atoms with E-state index < -0.39 is 9.71 Å². The minimum absolute atomic E-state index is 0.0384. The van der Waals surface area contributed by atoms with Crippen LogP contribution in [-0.4, -0.2) is 32.4 Å². The van der Waals surface area contributed by atoms with Gasteiger partial charge in [-0.1, -0.05) is 72.1 Å². The predicted octanol–water partition coefficient (Wildman–Crippen LogP) is 5.24. The van der Waals surface area contributed by atoms with Gasteiger partial charge in [0, 0.05) is 31.0 Å². The molecule has 0 saturated carbocycles. The molecule has 1 heterocycles. The number of alkyl halides is 3. The molecule has 0 radical (unpaired) electrons. The van der Waals surface area contributed by atoms with Crippen LogP contribution < -0.4 is 0 Å². The number of likely N-dealkylation sites (N-methyl/N-ethyl adjacent to an activating group) is 1. The Hall–Kier alpha value is -1.14. The molecule has 0 unspecified atom stereocenters. The molecular formula is C19H21Cl3N2O2S. The molecule has 8 heteroatoms. The number of hydrogen-bond donors (Lipinski definition) is 0. The highest BCUT2D eigenvalue weighted by molar-refractivity contribution is 7.09. The van der Waals surface area contributed by atoms with E-state index in [-0.39, 0.29) is 30.6 Å². The average Bonchev–Trinajstić information content (AvgIpc) is 3.13. The molecule has 0 aliphatic heterocycles. The summed E-state index contributed by atoms with van der Waals surface area (Å²) in [5, 5.41) is 2.70. The fourth-order valence-corrected chi connectivity index (χ4v) is 3.64. The average molecular weight is 448 g/mol. The predicted molar refractivity (Wildman–Crippen MR) is 111 cm³/mol. The third-order valence-electron chi connectivity index (χ3n) is 4.31. The molecule has 1 aromatic carbocycles. The van der Waals surface area contributed by atoms with E-state index in [9.17, 15) is 9.59 Å². The number of amides is 1. The maximum absolute atomic E-state index is 12.7. The summed E-state index contributed by atoms with van der Waals surface area (Å²) in [5.74, 6) is -0.983. The van der Waals surface area contributed by atoms with Gasteiger partial charge in [-0.05, 0) is 12.0 Å². The van der Waals surface area contributed by atoms with Crippen LogP contribution in [0.5, 0.6) is 0 Å². The van der Waals surface area contributed by atoms with Crippen LogP contribution >= 0.6 is 46.1 Å². The molecule has 1 aromatic heterocycles. The van der Waals surface area contributed by atoms with Crippen LogP contribution in [0.25, 0.3) is 0 Å². The molecule has 2 rings (SSSR count). The second kappa shape index (κ2) is 9.87. The van der Waals surface area contributed by atoms with Crippen LogP contribution in [0.1, 0.15) is 36.4 Å². The van der Waals surface area contributed by atoms with Gasteiger partial charge in [-0.15, -0.1) is 11.3 Å². The van der Waals surface area contributed by atoms with Crippen molar-refractivity contribution in [2.24, 2.45) is 5.92 Å². The molecule has 146 valence electrons. The molecule has 2 aromatic rings. The highest BCUT2D eigenvalue weighted by Gasteiger charge is 2.32. The number of rotatable bonds is 8. The third-order valence-corrected chi connectivity index (χ3v) is 6.30. The highest BCUT2D eigenvalue weighted by atomic mass is 35.6. The summed E-state index contributed by atoms with van der Waals surface area (Å²) >= 11 is 18.9. The van der Waals surface area contributed by atoms with E-state index in [0.29, 0.717) is 6.42 Å². The van der Waals surface area contributed by atoms with Crippen LogP contribution in [0.15, 0.2) is 41.9 Å². The van der Waals surface area contributed by atoms with Crippen molar-refractivity contribution in [3.05, 3.63) is 52.5 Å². The summed E-state index contributed by atoms with van der Waals surface area (Å²) in [6.07, 6.45) is 2.15. The van der Waals surface area contributed by atoms with Gasteiger partial charge < -0.3 is 4.90 Å². The lowest BCUT2D eigenvalue weighted by Gasteiger charge is -2.27. The van der Waals surface area contributed by atoms with Crippen LogP contribution in [-0.2, 0) is 16.0 Å². The Bertz CT molecular complexity index is 748. The lowest BCUT2D eigenvalue weighted by molar-refractivity contribution is -0.136. The van der Waals surface area contributed by atoms with Gasteiger partial charge in [-0.25, -0.2) is 4.98 Å². The van der Waals surface area contributed by atoms with E-state index in [1.54, 1.807) is 25.1 Å². The normalized spacial score (nSPS) is 13.8. The number of aromatic nitrogens is 1. The van der Waals surface area contributed by atoms with Crippen LogP contribution in [0.4, 0.5) is 0 Å². The number of carbonyl (C=O) groups is 2. The smallest absolute Gasteiger partial charge is 0.230 e. The first kappa shape index (κ1) is 22.2. The lowest BCUT2D eigenvalue weighted by atomic mass is 10.0. The second-order valence-electron chi connectivity index (χ2n) is 6.44. The zero-order chi connectivity index (χ0) is 20.0. The first-order chi connectivity index (χ1) is 12.7. The zero-order valence-electron chi connectivity index (χ0n) is 15.1. The first-order valence-electron chi connectivity index (χ1n) is 8.46. The van der Waals surface area contributed by atoms with Crippen molar-refractivity contribution in [2.45, 2.75) is 36.0 Å². The molecule has 1 amide bonds. The molecule has 0 N–H and O–H groups in total. The van der Waals surface area contributed by atoms with E-state index in [1.165, 1.54) is 11.3 Å². The number of Topliss-reactive ketones (excluding diaryl/α,β-unsaturated/α-hetero) is 1. The Morgan fingerprint density at radius 2 is 1.89 bits per heavy atom. The topological polar surface area (TPSA) is 50.3 Å². The molecular weight excluding hydrogens is 427 g/mol. The SMILES string of the molecule is C[C@@H](CC(=O)CC(=O)N(C)[C@@H](Cc1ccccc1)c1nccs1)C(Cl)(Cl)Cl. The number of nitrogens with zero attached hydrogens (tertiary/aromatic N) is 2. The maximum atomic E-state index is 12.7. The number of hydrogen-bond acceptors (Lipinski definition) is 4. The first-order valence-corrected chi connectivity index (χ1v) is 10.5. The Kier molecular flexibility index (Phi) is 8.10. The molecule has 0 fully saturated rings. The number of ketones is 1. The Labute approximate surface area is 178 Å². The van der Waals surface area contributed by atoms with Crippen molar-refractivity contribution in [1.82, 2.24) is 9.88 Å². The fraction of sp³-hybridized carbons (Fsp3) is 0.421. The molecule has 0 bridgehead atoms. The minimum Gasteiger partial charge on any atom is -0.336 e. The van der Waals surface area contributed by atoms with Gasteiger partial charge >= 0.3 is 0 Å². The summed E-state index contributed by atoms with van der Waals surface area (Å²) < 4.78 is -1.53. The molecule has 0 aliphatic rings. The molecule has 0 spiro atoms. The van der Waals surface area contributed by atoms with Gasteiger partial charge in [0.1, 0.15) is 10.8 Å². The van der Waals surface area contributed by atoms with Crippen molar-refractivity contribution < 1.29 is 9.59 Å². The standard InChI is InChI=1S/C19H21Cl3N2O2S/c1-13(19(20,21)22)10-15(25)12-17(26)24(2)16(18-23-8-9-27-18)11-14-6-4-3-5-7-14/h3-9,13,16H,10-12H2,1-2H3/t13-,16-/m0/s1. The van der Waals surface area contributed by atoms with Crippen molar-refractivity contribution in [2.75, 3.05) is 7.05 Å². The van der Waals surface area contributed by atoms with Crippen LogP contribution in [0, 0.1) is 5.92 Å². The van der Waals surface area contributed by atoms with Gasteiger partial charge in [0.05, 0.1) is 12.5 Å². The number of benzene rings is 1. The van der Waals surface area contributed by atoms with Crippen molar-refractivity contribution in [1.29, 1.82) is 0 Å². The van der Waals surface area contributed by atoms with Crippen molar-refractivity contribution >= 4 is 57.8 Å². The van der Waals surface area contributed by atoms with Crippen LogP contribution in [0.3, 0.4) is 0 Å². The Morgan fingerprint density at radius 3 is 2.44 bits per heavy atom. The summed E-state index contributed by atoms with van der Waals surface area (Å²) in [6, 6.07) is 9.63. The molecule has 0 saturated heterocycles. The summed E-state index contributed by atoms with van der Waals surface area (Å²) in [6.45, 7) is 1.67. The van der Waals surface area contributed by atoms with Gasteiger partial charge in [0.25, 0.3) is 0 Å². The molecule has 4 nitrogen and oxygen atoms in total. The maximum Gasteiger partial charge on any atom is 0.230 e. The third kappa shape index (κ3) is 6.75. The Morgan fingerprint density at radius 1 is 1.22 bits per heavy atom. The number of thiazole rings is 1. The van der Waals surface area contributed by atoms with E-state index in [1.807, 2.05) is 35.7 Å². The number of halogens is 3. The van der Waals surface area contributed by atoms with E-state index in [0.717, 1.165) is 10.6 Å². The Balaban J connectivity index is 2.07. The van der Waals surface area contributed by atoms with Gasteiger partial charge in [0.15, 0.2) is 3.79 Å². The quantitative estimate of drug-likeness (QED) is 0.410. The van der Waals surface area contributed by atoms with E-state index >= 15 is 0 Å². The summed E-state index contributed by atoms with van der Waals surface area (Å²) in [5.41, 5.74) is 1.09. The van der Waals surface area contributed by atoms with E-state index in [2.05, 4.69) is 4.98 Å². The largest absolute Gasteiger partial charge is 0.336 e. The minimum atomic E-state index is -1.53. The van der Waals surface area contributed by atoms with Crippen molar-refractivity contribution in [3.8, 4) is 0 Å². The fourth-order valence-electron chi connectivity index (χ4n) is 2.62. The number of carbonyl (C=O) groups excluding carboxylic acids is 2. The van der Waals surface area contributed by atoms with Gasteiger partial charge in [0.2, 0.25) is 5.91 Å². The lowest BCUT2D eigenvalue weighted by Crippen LogP contribution is -2.34. The highest BCUT2D eigenvalue weighted by Crippen LogP contribution is 2.37. The zero-order valence-corrected chi connectivity index (χ0v) is 18.2. The molecule has 0 aliphatic carbocycles. The molecule has 27 heavy (non-hydrogen) atoms. The second-order valence-corrected chi connectivity index (χ2v) is 9.74. The van der Waals surface area contributed by atoms with Crippen LogP contribution in [0.2, 0.25) is 0 Å². The van der Waals surface area contributed by atoms with Gasteiger partial charge in [-0.3, -0.25) is 9.59 Å². The van der Waals surface area contributed by atoms with Gasteiger partial charge in [-0.2, -0.15) is 0 Å². The summed E-state index contributed by atoms with van der Waals surface area (Å²) in [7, 11) is 1.70. The monoisotopic (exact) mass is 446 g/mol.